The first-order valence-electron chi connectivity index (χ1n) is 8.64. The van der Waals surface area contributed by atoms with Gasteiger partial charge < -0.3 is 10.4 Å². The molecule has 1 saturated carbocycles. The molecule has 27 heavy (non-hydrogen) atoms. The summed E-state index contributed by atoms with van der Waals surface area (Å²) in [6.45, 7) is 3.27. The van der Waals surface area contributed by atoms with Gasteiger partial charge in [0.15, 0.2) is 9.84 Å². The SMILES string of the molecule is Cc1ccc(S(=O)(=O)[C@@H]2C[C@@H](C(=O)NC3(C#N)CC3)N(C(=O)O)C2)c(C)c1. The van der Waals surface area contributed by atoms with Gasteiger partial charge in [0.2, 0.25) is 5.91 Å². The zero-order valence-corrected chi connectivity index (χ0v) is 15.9. The maximum atomic E-state index is 13.1. The second kappa shape index (κ2) is 6.53. The van der Waals surface area contributed by atoms with Crippen LogP contribution in [0.4, 0.5) is 4.79 Å². The number of nitrogens with zero attached hydrogens (tertiary/aromatic N) is 2. The number of nitriles is 1. The van der Waals surface area contributed by atoms with Crippen molar-refractivity contribution in [3.05, 3.63) is 29.3 Å². The molecule has 0 radical (unpaired) electrons. The van der Waals surface area contributed by atoms with E-state index in [-0.39, 0.29) is 17.9 Å². The van der Waals surface area contributed by atoms with Gasteiger partial charge in [0.05, 0.1) is 16.2 Å². The van der Waals surface area contributed by atoms with Gasteiger partial charge in [0.1, 0.15) is 11.6 Å². The molecule has 2 atom stereocenters. The lowest BCUT2D eigenvalue weighted by Crippen LogP contribution is -2.49. The molecule has 2 N–H and O–H groups in total. The fourth-order valence-corrected chi connectivity index (χ4v) is 5.41. The molecule has 0 unspecified atom stereocenters. The van der Waals surface area contributed by atoms with Crippen molar-refractivity contribution >= 4 is 21.8 Å². The highest BCUT2D eigenvalue weighted by Crippen LogP contribution is 2.36. The topological polar surface area (TPSA) is 128 Å². The molecule has 0 spiro atoms. The minimum absolute atomic E-state index is 0.130. The molecular weight excluding hydrogens is 370 g/mol. The predicted molar refractivity (Wildman–Crippen MR) is 95.7 cm³/mol. The summed E-state index contributed by atoms with van der Waals surface area (Å²) in [7, 11) is -3.80. The molecule has 1 heterocycles. The van der Waals surface area contributed by atoms with Crippen LogP contribution in [0.1, 0.15) is 30.4 Å². The number of hydrogen-bond donors (Lipinski definition) is 2. The summed E-state index contributed by atoms with van der Waals surface area (Å²) >= 11 is 0. The van der Waals surface area contributed by atoms with E-state index in [1.165, 1.54) is 6.07 Å². The molecule has 1 aromatic rings. The van der Waals surface area contributed by atoms with E-state index in [2.05, 4.69) is 5.32 Å². The second-order valence-corrected chi connectivity index (χ2v) is 9.50. The number of likely N-dealkylation sites (tertiary alicyclic amines) is 1. The van der Waals surface area contributed by atoms with E-state index in [1.807, 2.05) is 13.0 Å². The zero-order chi connectivity index (χ0) is 20.0. The third-order valence-electron chi connectivity index (χ3n) is 5.21. The van der Waals surface area contributed by atoms with Crippen molar-refractivity contribution in [3.63, 3.8) is 0 Å². The average molecular weight is 391 g/mol. The first-order chi connectivity index (χ1) is 12.6. The Kier molecular flexibility index (Phi) is 4.64. The standard InChI is InChI=1S/C18H21N3O5S/c1-11-3-4-15(12(2)7-11)27(25,26)13-8-14(21(9-13)17(23)24)16(22)20-18(10-19)5-6-18/h3-4,7,13-14H,5-6,8-9H2,1-2H3,(H,20,22)(H,23,24)/t13-,14+/m1/s1. The molecule has 1 aliphatic heterocycles. The number of sulfone groups is 1. The van der Waals surface area contributed by atoms with Crippen molar-refractivity contribution in [1.29, 1.82) is 5.26 Å². The van der Waals surface area contributed by atoms with Crippen LogP contribution in [0.2, 0.25) is 0 Å². The van der Waals surface area contributed by atoms with Gasteiger partial charge in [-0.25, -0.2) is 13.2 Å². The molecule has 1 aliphatic carbocycles. The Hall–Kier alpha value is -2.60. The highest BCUT2D eigenvalue weighted by molar-refractivity contribution is 7.92. The van der Waals surface area contributed by atoms with E-state index in [0.717, 1.165) is 10.5 Å². The highest BCUT2D eigenvalue weighted by Gasteiger charge is 2.50. The van der Waals surface area contributed by atoms with Crippen molar-refractivity contribution in [3.8, 4) is 6.07 Å². The lowest BCUT2D eigenvalue weighted by molar-refractivity contribution is -0.125. The van der Waals surface area contributed by atoms with Crippen molar-refractivity contribution in [2.24, 2.45) is 0 Å². The summed E-state index contributed by atoms with van der Waals surface area (Å²) in [5, 5.41) is 20.1. The van der Waals surface area contributed by atoms with E-state index < -0.39 is 38.7 Å². The van der Waals surface area contributed by atoms with Crippen molar-refractivity contribution in [2.75, 3.05) is 6.54 Å². The Bertz CT molecular complexity index is 946. The molecule has 144 valence electrons. The third kappa shape index (κ3) is 3.49. The molecular formula is C18H21N3O5S. The van der Waals surface area contributed by atoms with Crippen LogP contribution in [0.3, 0.4) is 0 Å². The fourth-order valence-electron chi connectivity index (χ4n) is 3.49. The Balaban J connectivity index is 1.86. The molecule has 0 aromatic heterocycles. The molecule has 8 nitrogen and oxygen atoms in total. The first-order valence-corrected chi connectivity index (χ1v) is 10.2. The van der Waals surface area contributed by atoms with Gasteiger partial charge in [-0.05, 0) is 44.7 Å². The van der Waals surface area contributed by atoms with Crippen LogP contribution in [0, 0.1) is 25.2 Å². The van der Waals surface area contributed by atoms with Gasteiger partial charge in [-0.3, -0.25) is 9.69 Å². The molecule has 1 saturated heterocycles. The number of carbonyl (C=O) groups is 2. The molecule has 0 bridgehead atoms. The number of benzene rings is 1. The van der Waals surface area contributed by atoms with Gasteiger partial charge in [-0.15, -0.1) is 0 Å². The monoisotopic (exact) mass is 391 g/mol. The van der Waals surface area contributed by atoms with Gasteiger partial charge in [0, 0.05) is 6.54 Å². The summed E-state index contributed by atoms with van der Waals surface area (Å²) in [5.74, 6) is -0.616. The van der Waals surface area contributed by atoms with Crippen molar-refractivity contribution < 1.29 is 23.1 Å². The van der Waals surface area contributed by atoms with Crippen LogP contribution in [0.5, 0.6) is 0 Å². The summed E-state index contributed by atoms with van der Waals surface area (Å²) in [6.07, 6.45) is -0.455. The number of hydrogen-bond acceptors (Lipinski definition) is 5. The Morgan fingerprint density at radius 1 is 1.33 bits per heavy atom. The maximum Gasteiger partial charge on any atom is 0.408 e. The minimum Gasteiger partial charge on any atom is -0.465 e. The fraction of sp³-hybridized carbons (Fsp3) is 0.500. The van der Waals surface area contributed by atoms with Crippen LogP contribution >= 0.6 is 0 Å². The van der Waals surface area contributed by atoms with Crippen molar-refractivity contribution in [2.45, 2.75) is 54.8 Å². The second-order valence-electron chi connectivity index (χ2n) is 7.31. The van der Waals surface area contributed by atoms with E-state index in [0.29, 0.717) is 18.4 Å². The molecule has 1 aromatic carbocycles. The summed E-state index contributed by atoms with van der Waals surface area (Å²) in [5.41, 5.74) is 0.575. The van der Waals surface area contributed by atoms with Crippen molar-refractivity contribution in [1.82, 2.24) is 10.2 Å². The van der Waals surface area contributed by atoms with Gasteiger partial charge >= 0.3 is 6.09 Å². The van der Waals surface area contributed by atoms with Gasteiger partial charge in [-0.1, -0.05) is 17.7 Å². The quantitative estimate of drug-likeness (QED) is 0.798. The smallest absolute Gasteiger partial charge is 0.408 e. The molecule has 9 heteroatoms. The number of nitrogens with one attached hydrogen (secondary N) is 1. The lowest BCUT2D eigenvalue weighted by atomic mass is 10.2. The number of rotatable bonds is 4. The Morgan fingerprint density at radius 3 is 2.52 bits per heavy atom. The lowest BCUT2D eigenvalue weighted by Gasteiger charge is -2.21. The summed E-state index contributed by atoms with van der Waals surface area (Å²) in [6, 6.07) is 5.86. The average Bonchev–Trinajstić information content (AvgIpc) is 3.19. The molecule has 2 aliphatic rings. The summed E-state index contributed by atoms with van der Waals surface area (Å²) < 4.78 is 26.1. The summed E-state index contributed by atoms with van der Waals surface area (Å²) in [4.78, 5) is 25.1. The largest absolute Gasteiger partial charge is 0.465 e. The van der Waals surface area contributed by atoms with Crippen LogP contribution in [0.15, 0.2) is 23.1 Å². The minimum atomic E-state index is -3.80. The van der Waals surface area contributed by atoms with Gasteiger partial charge in [0.25, 0.3) is 0 Å². The normalized spacial score (nSPS) is 23.5. The predicted octanol–water partition coefficient (Wildman–Crippen LogP) is 1.37. The van der Waals surface area contributed by atoms with E-state index in [1.54, 1.807) is 19.1 Å². The number of carboxylic acid groups (broad SMARTS) is 1. The van der Waals surface area contributed by atoms with Crippen LogP contribution in [-0.4, -0.2) is 53.8 Å². The molecule has 2 fully saturated rings. The first kappa shape index (κ1) is 19.2. The van der Waals surface area contributed by atoms with Crippen LogP contribution < -0.4 is 5.32 Å². The van der Waals surface area contributed by atoms with Gasteiger partial charge in [-0.2, -0.15) is 5.26 Å². The Labute approximate surface area is 157 Å². The highest BCUT2D eigenvalue weighted by atomic mass is 32.2. The molecule has 3 rings (SSSR count). The van der Waals surface area contributed by atoms with Crippen LogP contribution in [0.25, 0.3) is 0 Å². The van der Waals surface area contributed by atoms with Crippen LogP contribution in [-0.2, 0) is 14.6 Å². The maximum absolute atomic E-state index is 13.1. The number of carbonyl (C=O) groups excluding carboxylic acids is 1. The van der Waals surface area contributed by atoms with E-state index >= 15 is 0 Å². The number of aryl methyl sites for hydroxylation is 2. The zero-order valence-electron chi connectivity index (χ0n) is 15.1. The van der Waals surface area contributed by atoms with E-state index in [9.17, 15) is 23.1 Å². The third-order valence-corrected chi connectivity index (χ3v) is 7.50. The molecule has 2 amide bonds. The number of amides is 2. The van der Waals surface area contributed by atoms with E-state index in [4.69, 9.17) is 5.26 Å². The Morgan fingerprint density at radius 2 is 2.00 bits per heavy atom.